The molecule has 1 saturated carbocycles. The molecule has 12 aromatic rings. The third kappa shape index (κ3) is 8.01. The second kappa shape index (κ2) is 21.2. The number of anilines is 8. The Labute approximate surface area is 522 Å². The lowest BCUT2D eigenvalue weighted by molar-refractivity contribution is 0.195. The molecule has 2 unspecified atom stereocenters. The van der Waals surface area contributed by atoms with E-state index in [1.165, 1.54) is 122 Å². The van der Waals surface area contributed by atoms with Gasteiger partial charge in [-0.1, -0.05) is 268 Å². The van der Waals surface area contributed by atoms with Crippen LogP contribution in [0.1, 0.15) is 56.2 Å². The van der Waals surface area contributed by atoms with Gasteiger partial charge in [-0.05, 0) is 163 Å². The Balaban J connectivity index is 0.981. The van der Waals surface area contributed by atoms with Crippen LogP contribution >= 0.6 is 0 Å². The number of aryl methyl sites for hydroxylation is 2. The molecule has 2 atom stereocenters. The van der Waals surface area contributed by atoms with Crippen molar-refractivity contribution >= 4 is 126 Å². The normalized spacial score (nSPS) is 17.2. The van der Waals surface area contributed by atoms with E-state index in [2.05, 4.69) is 346 Å². The van der Waals surface area contributed by atoms with E-state index in [-0.39, 0.29) is 17.7 Å². The Morgan fingerprint density at radius 1 is 0.364 bits per heavy atom. The van der Waals surface area contributed by atoms with Crippen LogP contribution in [0.15, 0.2) is 303 Å². The highest BCUT2D eigenvalue weighted by atomic mass is 28.3. The number of hydrogen-bond acceptors (Lipinski definition) is 3. The van der Waals surface area contributed by atoms with Gasteiger partial charge in [-0.3, -0.25) is 0 Å². The molecule has 0 N–H and O–H groups in total. The van der Waals surface area contributed by atoms with Crippen LogP contribution in [0.5, 0.6) is 0 Å². The molecule has 0 amide bonds. The summed E-state index contributed by atoms with van der Waals surface area (Å²) < 4.78 is 0. The van der Waals surface area contributed by atoms with Crippen LogP contribution in [0.25, 0.3) is 0 Å². The molecule has 1 aliphatic carbocycles. The molecule has 1 fully saturated rings. The maximum atomic E-state index is 2.88. The number of nitrogens with zero attached hydrogens (tertiary/aromatic N) is 3. The molecular formula is C82H70BN3Si2. The first-order valence-corrected chi connectivity index (χ1v) is 35.7. The van der Waals surface area contributed by atoms with Crippen molar-refractivity contribution in [2.45, 2.75) is 64.3 Å². The Hall–Kier alpha value is -9.46. The van der Waals surface area contributed by atoms with Gasteiger partial charge in [-0.15, -0.1) is 0 Å². The molecule has 4 aliphatic rings. The molecule has 3 heterocycles. The summed E-state index contributed by atoms with van der Waals surface area (Å²) in [5.41, 5.74) is 17.7. The molecule has 0 saturated heterocycles. The van der Waals surface area contributed by atoms with E-state index < -0.39 is 16.1 Å². The van der Waals surface area contributed by atoms with Crippen molar-refractivity contribution in [2.75, 3.05) is 14.7 Å². The zero-order chi connectivity index (χ0) is 59.2. The first-order valence-electron chi connectivity index (χ1n) is 31.7. The zero-order valence-corrected chi connectivity index (χ0v) is 52.6. The first-order chi connectivity index (χ1) is 43.2. The topological polar surface area (TPSA) is 9.72 Å². The van der Waals surface area contributed by atoms with Crippen LogP contribution in [-0.2, 0) is 5.41 Å². The van der Waals surface area contributed by atoms with Crippen LogP contribution in [-0.4, -0.2) is 28.4 Å². The van der Waals surface area contributed by atoms with E-state index in [1.807, 2.05) is 0 Å². The Kier molecular flexibility index (Phi) is 13.0. The van der Waals surface area contributed by atoms with Gasteiger partial charge >= 0.3 is 0 Å². The number of hydrogen-bond donors (Lipinski definition) is 0. The molecule has 0 spiro atoms. The third-order valence-electron chi connectivity index (χ3n) is 21.0. The average molecular weight is 1160 g/mol. The largest absolute Gasteiger partial charge is 0.335 e. The van der Waals surface area contributed by atoms with E-state index >= 15 is 0 Å². The summed E-state index contributed by atoms with van der Waals surface area (Å²) in [5.74, 6) is 0. The number of fused-ring (bicyclic) bond motifs is 7. The van der Waals surface area contributed by atoms with Crippen LogP contribution in [0.2, 0.25) is 0 Å². The monoisotopic (exact) mass is 1160 g/mol. The van der Waals surface area contributed by atoms with E-state index in [0.29, 0.717) is 0 Å². The minimum absolute atomic E-state index is 0.0377. The van der Waals surface area contributed by atoms with Crippen LogP contribution < -0.4 is 72.6 Å². The highest BCUT2D eigenvalue weighted by Crippen LogP contribution is 2.62. The highest BCUT2D eigenvalue weighted by Gasteiger charge is 2.61. The predicted octanol–water partition coefficient (Wildman–Crippen LogP) is 12.9. The summed E-state index contributed by atoms with van der Waals surface area (Å²) in [6.07, 6.45) is 4.73. The zero-order valence-electron chi connectivity index (χ0n) is 50.6. The Bertz CT molecular complexity index is 4200. The van der Waals surface area contributed by atoms with Gasteiger partial charge < -0.3 is 14.7 Å². The minimum atomic E-state index is -2.87. The quantitative estimate of drug-likeness (QED) is 0.0892. The maximum absolute atomic E-state index is 2.88. The first kappa shape index (κ1) is 54.0. The van der Waals surface area contributed by atoms with Crippen molar-refractivity contribution in [2.24, 2.45) is 0 Å². The molecule has 424 valence electrons. The fourth-order valence-electron chi connectivity index (χ4n) is 16.8. The van der Waals surface area contributed by atoms with Gasteiger partial charge in [-0.25, -0.2) is 0 Å². The molecular weight excluding hydrogens is 1090 g/mol. The van der Waals surface area contributed by atoms with Gasteiger partial charge in [-0.2, -0.15) is 0 Å². The molecule has 16 rings (SSSR count). The van der Waals surface area contributed by atoms with Gasteiger partial charge in [0.15, 0.2) is 16.1 Å². The minimum Gasteiger partial charge on any atom is -0.335 e. The molecule has 3 nitrogen and oxygen atoms in total. The van der Waals surface area contributed by atoms with E-state index in [4.69, 9.17) is 0 Å². The molecule has 3 aliphatic heterocycles. The summed E-state index contributed by atoms with van der Waals surface area (Å²) in [4.78, 5) is 8.09. The van der Waals surface area contributed by atoms with Crippen LogP contribution in [0.4, 0.5) is 45.5 Å². The van der Waals surface area contributed by atoms with Crippen molar-refractivity contribution in [1.82, 2.24) is 0 Å². The molecule has 0 aromatic heterocycles. The summed E-state index contributed by atoms with van der Waals surface area (Å²) >= 11 is 0. The second-order valence-electron chi connectivity index (χ2n) is 25.6. The fourth-order valence-corrected chi connectivity index (χ4v) is 26.3. The van der Waals surface area contributed by atoms with E-state index in [0.717, 1.165) is 23.5 Å². The number of para-hydroxylation sites is 1. The fraction of sp³-hybridized carbons (Fsp3) is 0.122. The van der Waals surface area contributed by atoms with Crippen molar-refractivity contribution in [1.29, 1.82) is 0 Å². The average Bonchev–Trinajstić information content (AvgIpc) is 1.52. The summed E-state index contributed by atoms with van der Waals surface area (Å²) in [7, 11) is -5.73. The highest BCUT2D eigenvalue weighted by molar-refractivity contribution is 7.20. The predicted molar refractivity (Wildman–Crippen MR) is 380 cm³/mol. The smallest absolute Gasteiger partial charge is 0.252 e. The van der Waals surface area contributed by atoms with Crippen molar-refractivity contribution in [3.05, 3.63) is 320 Å². The SMILES string of the molecule is Cc1cccc(N2c3cc(C)ccc3B3c4cccc5c4N(c4cc(N(c6ccc([Si](c7ccccc7)(c7ccccc7)c7ccccc7)cc6)c6ccc([Si](c7ccccc7)(c7ccccc7)c7ccccc7)cc6)cc2c43)C2(C)CCCCC52C)c1. The summed E-state index contributed by atoms with van der Waals surface area (Å²) in [5, 5.41) is 10.8. The van der Waals surface area contributed by atoms with Crippen LogP contribution in [0.3, 0.4) is 0 Å². The second-order valence-corrected chi connectivity index (χ2v) is 33.2. The molecule has 0 bridgehead atoms. The Morgan fingerprint density at radius 3 is 1.27 bits per heavy atom. The maximum Gasteiger partial charge on any atom is 0.252 e. The number of benzene rings is 12. The summed E-state index contributed by atoms with van der Waals surface area (Å²) in [6, 6.07) is 116. The van der Waals surface area contributed by atoms with Gasteiger partial charge in [0.1, 0.15) is 0 Å². The van der Waals surface area contributed by atoms with Crippen molar-refractivity contribution < 1.29 is 0 Å². The summed E-state index contributed by atoms with van der Waals surface area (Å²) in [6.45, 7) is 9.73. The molecule has 6 heteroatoms. The van der Waals surface area contributed by atoms with Crippen molar-refractivity contribution in [3.63, 3.8) is 0 Å². The van der Waals surface area contributed by atoms with Gasteiger partial charge in [0.25, 0.3) is 6.71 Å². The van der Waals surface area contributed by atoms with Crippen molar-refractivity contribution in [3.8, 4) is 0 Å². The van der Waals surface area contributed by atoms with E-state index in [1.54, 1.807) is 0 Å². The lowest BCUT2D eigenvalue weighted by Crippen LogP contribution is -2.74. The van der Waals surface area contributed by atoms with Crippen LogP contribution in [0, 0.1) is 13.8 Å². The lowest BCUT2D eigenvalue weighted by Gasteiger charge is -2.53. The molecule has 88 heavy (non-hydrogen) atoms. The standard InChI is InChI=1S/C82H70BN3Si2/c1-59-27-25-28-63(55-59)85-76-56-60(2)43-52-74(76)83-75-42-26-41-73-80(75)86(82(4)54-24-23-53-81(73,82)3)78-58-64(57-77(85)79(78)83)84(61-44-48-71(49-45-61)87(65-29-11-5-12-30-65,66-31-13-6-14-32-66)67-33-15-7-16-34-67)62-46-50-72(51-47-62)88(68-35-17-8-18-36-68,69-37-19-9-20-38-69)70-39-21-10-22-40-70/h5-22,25-52,55-58H,23-24,53-54H2,1-4H3. The molecule has 12 aromatic carbocycles. The van der Waals surface area contributed by atoms with Gasteiger partial charge in [0, 0.05) is 45.2 Å². The van der Waals surface area contributed by atoms with Gasteiger partial charge in [0.05, 0.1) is 11.2 Å². The third-order valence-corrected chi connectivity index (χ3v) is 30.6. The van der Waals surface area contributed by atoms with Gasteiger partial charge in [0.2, 0.25) is 0 Å². The lowest BCUT2D eigenvalue weighted by atomic mass is 9.33. The Morgan fingerprint density at radius 2 is 0.795 bits per heavy atom. The number of rotatable bonds is 12. The molecule has 0 radical (unpaired) electrons. The van der Waals surface area contributed by atoms with E-state index in [9.17, 15) is 0 Å².